The van der Waals surface area contributed by atoms with Gasteiger partial charge in [-0.05, 0) is 102 Å². The average molecular weight is 703 g/mol. The van der Waals surface area contributed by atoms with Crippen molar-refractivity contribution in [1.29, 1.82) is 0 Å². The summed E-state index contributed by atoms with van der Waals surface area (Å²) < 4.78 is 24.6. The van der Waals surface area contributed by atoms with Crippen molar-refractivity contribution in [3.8, 4) is 0 Å². The summed E-state index contributed by atoms with van der Waals surface area (Å²) in [5, 5.41) is 59.1. The predicted octanol–water partition coefficient (Wildman–Crippen LogP) is -2.01. The van der Waals surface area contributed by atoms with Crippen molar-refractivity contribution in [3.05, 3.63) is 0 Å². The fourth-order valence-electron chi connectivity index (χ4n) is 9.55. The van der Waals surface area contributed by atoms with Crippen molar-refractivity contribution in [2.24, 2.45) is 35.3 Å². The fraction of sp³-hybridized carbons (Fsp3) is 0.972. The lowest BCUT2D eigenvalue weighted by molar-refractivity contribution is -0.701. The Balaban J connectivity index is 1.44. The van der Waals surface area contributed by atoms with Gasteiger partial charge >= 0.3 is 0 Å². The van der Waals surface area contributed by atoms with Crippen LogP contribution in [0.3, 0.4) is 0 Å². The fourth-order valence-corrected chi connectivity index (χ4v) is 9.55. The van der Waals surface area contributed by atoms with Crippen LogP contribution in [-0.4, -0.2) is 128 Å². The zero-order chi connectivity index (χ0) is 35.5. The molecular formula is C36H68N3O10+. The van der Waals surface area contributed by atoms with Crippen molar-refractivity contribution in [2.75, 3.05) is 40.5 Å². The lowest BCUT2D eigenvalue weighted by Gasteiger charge is -2.48. The molecule has 2 aliphatic heterocycles. The van der Waals surface area contributed by atoms with Gasteiger partial charge in [0.1, 0.15) is 18.3 Å². The van der Waals surface area contributed by atoms with Crippen molar-refractivity contribution in [3.63, 3.8) is 0 Å². The Kier molecular flexibility index (Phi) is 16.9. The van der Waals surface area contributed by atoms with E-state index in [1.807, 2.05) is 6.92 Å². The van der Waals surface area contributed by atoms with E-state index < -0.39 is 36.5 Å². The second-order valence-electron chi connectivity index (χ2n) is 15.6. The maximum atomic E-state index is 11.9. The molecule has 0 aromatic heterocycles. The standard InChI is InChI=1S/C36H67N3O10/c1-4-38-27(23(18-34(43)44)13-22-9-11-39-33(37)15-22)20-48-32-17-24(16-31(47-3)35(32)45)36-26(10-12-40)29(42)19-25(49-36)7-5-21-6-8-28(41)30(14-21)46-2/h21-33,35-36,38-42,45H,4-20,37H2,1-3H3,(H,43,44)/p+1. The Bertz CT molecular complexity index is 966. The maximum absolute atomic E-state index is 11.9. The summed E-state index contributed by atoms with van der Waals surface area (Å²) in [6, 6.07) is -0.128. The van der Waals surface area contributed by atoms with E-state index in [9.17, 15) is 30.3 Å². The smallest absolute Gasteiger partial charge is 0.137 e. The van der Waals surface area contributed by atoms with Crippen LogP contribution < -0.4 is 21.5 Å². The molecule has 4 fully saturated rings. The van der Waals surface area contributed by atoms with E-state index in [2.05, 4.69) is 10.6 Å². The third kappa shape index (κ3) is 11.8. The van der Waals surface area contributed by atoms with Gasteiger partial charge in [0, 0.05) is 45.1 Å². The van der Waals surface area contributed by atoms with Gasteiger partial charge < -0.3 is 59.9 Å². The number of carboxylic acid groups (broad SMARTS) is 1. The molecule has 0 bridgehead atoms. The van der Waals surface area contributed by atoms with Gasteiger partial charge in [0.15, 0.2) is 0 Å². The number of carbonyl (C=O) groups excluding carboxylic acids is 1. The van der Waals surface area contributed by atoms with Crippen LogP contribution in [0, 0.1) is 29.6 Å². The summed E-state index contributed by atoms with van der Waals surface area (Å²) in [7, 11) is 3.23. The molecule has 0 radical (unpaired) electrons. The monoisotopic (exact) mass is 702 g/mol. The highest BCUT2D eigenvalue weighted by Gasteiger charge is 2.48. The Hall–Kier alpha value is -0.970. The molecule has 0 aromatic carbocycles. The summed E-state index contributed by atoms with van der Waals surface area (Å²) in [5.74, 6) is -0.798. The molecule has 4 aliphatic rings. The van der Waals surface area contributed by atoms with Crippen LogP contribution in [0.15, 0.2) is 0 Å². The number of likely N-dealkylation sites (N-methyl/N-ethyl adjacent to an activating group) is 1. The highest BCUT2D eigenvalue weighted by atomic mass is 16.5. The van der Waals surface area contributed by atoms with Crippen LogP contribution in [-0.2, 0) is 23.7 Å². The van der Waals surface area contributed by atoms with Crippen molar-refractivity contribution in [1.82, 2.24) is 0 Å². The van der Waals surface area contributed by atoms with Crippen LogP contribution >= 0.6 is 0 Å². The SMILES string of the molecule is CC[NH2+]C(COC1CC(C2OC(CCC3CCC(O)C(OC)C3)CC(O)C2CCO)CC(OC)C1O)C(CC(=O)[O-])CC1CC[NH2+]C(N)C1. The second kappa shape index (κ2) is 20.3. The van der Waals surface area contributed by atoms with E-state index in [-0.39, 0.29) is 67.9 Å². The van der Waals surface area contributed by atoms with Gasteiger partial charge in [-0.3, -0.25) is 5.73 Å². The van der Waals surface area contributed by atoms with Gasteiger partial charge in [-0.25, -0.2) is 0 Å². The zero-order valence-electron chi connectivity index (χ0n) is 30.2. The molecule has 13 nitrogen and oxygen atoms in total. The van der Waals surface area contributed by atoms with Crippen LogP contribution in [0.25, 0.3) is 0 Å². The first-order chi connectivity index (χ1) is 23.6. The Morgan fingerprint density at radius 2 is 1.71 bits per heavy atom. The number of aliphatic hydroxyl groups is 4. The minimum Gasteiger partial charge on any atom is -0.550 e. The van der Waals surface area contributed by atoms with E-state index in [1.165, 1.54) is 0 Å². The topological polar surface area (TPSA) is 217 Å². The number of carbonyl (C=O) groups is 1. The van der Waals surface area contributed by atoms with Gasteiger partial charge in [-0.15, -0.1) is 0 Å². The molecular weight excluding hydrogens is 634 g/mol. The Morgan fingerprint density at radius 1 is 0.959 bits per heavy atom. The van der Waals surface area contributed by atoms with E-state index in [0.717, 1.165) is 64.5 Å². The van der Waals surface area contributed by atoms with Crippen molar-refractivity contribution >= 4 is 5.97 Å². The number of piperidine rings is 1. The molecule has 2 aliphatic carbocycles. The summed E-state index contributed by atoms with van der Waals surface area (Å²) in [5.41, 5.74) is 6.21. The number of aliphatic carboxylic acids is 1. The van der Waals surface area contributed by atoms with Crippen LogP contribution in [0.4, 0.5) is 0 Å². The minimum absolute atomic E-state index is 0.0339. The molecule has 0 amide bonds. The average Bonchev–Trinajstić information content (AvgIpc) is 3.07. The van der Waals surface area contributed by atoms with Crippen molar-refractivity contribution in [2.45, 2.75) is 151 Å². The number of carboxylic acids is 1. The quantitative estimate of drug-likeness (QED) is 0.0828. The van der Waals surface area contributed by atoms with Gasteiger partial charge in [-0.2, -0.15) is 0 Å². The first-order valence-corrected chi connectivity index (χ1v) is 19.2. The van der Waals surface area contributed by atoms with E-state index in [0.29, 0.717) is 37.5 Å². The van der Waals surface area contributed by atoms with Crippen LogP contribution in [0.1, 0.15) is 90.4 Å². The van der Waals surface area contributed by atoms with E-state index in [4.69, 9.17) is 24.7 Å². The van der Waals surface area contributed by atoms with E-state index in [1.54, 1.807) is 14.2 Å². The van der Waals surface area contributed by atoms with Gasteiger partial charge in [0.05, 0.1) is 62.4 Å². The molecule has 286 valence electrons. The summed E-state index contributed by atoms with van der Waals surface area (Å²) >= 11 is 0. The normalized spacial score (nSPS) is 40.1. The molecule has 2 saturated carbocycles. The molecule has 49 heavy (non-hydrogen) atoms. The molecule has 15 atom stereocenters. The summed E-state index contributed by atoms with van der Waals surface area (Å²) in [6.45, 7) is 3.95. The Morgan fingerprint density at radius 3 is 2.39 bits per heavy atom. The number of methoxy groups -OCH3 is 2. The largest absolute Gasteiger partial charge is 0.550 e. The van der Waals surface area contributed by atoms with Gasteiger partial charge in [0.25, 0.3) is 0 Å². The Labute approximate surface area is 293 Å². The van der Waals surface area contributed by atoms with Crippen LogP contribution in [0.2, 0.25) is 0 Å². The number of quaternary nitrogens is 2. The lowest BCUT2D eigenvalue weighted by atomic mass is 9.72. The highest BCUT2D eigenvalue weighted by Crippen LogP contribution is 2.42. The first-order valence-electron chi connectivity index (χ1n) is 19.2. The molecule has 2 heterocycles. The van der Waals surface area contributed by atoms with Gasteiger partial charge in [0.2, 0.25) is 0 Å². The van der Waals surface area contributed by atoms with Crippen molar-refractivity contribution < 1.29 is 59.9 Å². The zero-order valence-corrected chi connectivity index (χ0v) is 30.2. The summed E-state index contributed by atoms with van der Waals surface area (Å²) in [4.78, 5) is 11.9. The highest BCUT2D eigenvalue weighted by molar-refractivity contribution is 5.64. The maximum Gasteiger partial charge on any atom is 0.137 e. The molecule has 0 aromatic rings. The van der Waals surface area contributed by atoms with Gasteiger partial charge in [-0.1, -0.05) is 0 Å². The van der Waals surface area contributed by atoms with Crippen LogP contribution in [0.5, 0.6) is 0 Å². The third-order valence-electron chi connectivity index (χ3n) is 12.3. The molecule has 0 spiro atoms. The molecule has 15 unspecified atom stereocenters. The lowest BCUT2D eigenvalue weighted by Crippen LogP contribution is -2.94. The number of hydrogen-bond donors (Lipinski definition) is 7. The number of hydrogen-bond acceptors (Lipinski definition) is 11. The number of rotatable bonds is 18. The number of aliphatic hydroxyl groups excluding tert-OH is 4. The third-order valence-corrected chi connectivity index (χ3v) is 12.3. The molecule has 13 heteroatoms. The summed E-state index contributed by atoms with van der Waals surface area (Å²) in [6.07, 6.45) is 5.10. The predicted molar refractivity (Wildman–Crippen MR) is 179 cm³/mol. The molecule has 10 N–H and O–H groups in total. The second-order valence-corrected chi connectivity index (χ2v) is 15.6. The first kappa shape index (κ1) is 40.8. The molecule has 2 saturated heterocycles. The number of ether oxygens (including phenoxy) is 4. The minimum atomic E-state index is -1.07. The molecule has 4 rings (SSSR count). The number of nitrogens with two attached hydrogens (primary N) is 3. The van der Waals surface area contributed by atoms with E-state index >= 15 is 0 Å².